The second-order valence-corrected chi connectivity index (χ2v) is 13.9. The molecule has 51 heavy (non-hydrogen) atoms. The lowest BCUT2D eigenvalue weighted by Crippen LogP contribution is -2.56. The van der Waals surface area contributed by atoms with Gasteiger partial charge in [-0.1, -0.05) is 103 Å². The Morgan fingerprint density at radius 3 is 2.27 bits per heavy atom. The van der Waals surface area contributed by atoms with Crippen LogP contribution >= 0.6 is 0 Å². The first-order valence-electron chi connectivity index (χ1n) is 17.6. The Balaban J connectivity index is 1.38. The molecular weight excluding hydrogens is 646 g/mol. The third kappa shape index (κ3) is 5.96. The Hall–Kier alpha value is -5.06. The van der Waals surface area contributed by atoms with Gasteiger partial charge in [0, 0.05) is 18.7 Å². The number of esters is 1. The molecule has 4 heterocycles. The van der Waals surface area contributed by atoms with Crippen molar-refractivity contribution < 1.29 is 33.8 Å². The molecular formula is C41H43N3O7. The van der Waals surface area contributed by atoms with Gasteiger partial charge in [-0.25, -0.2) is 0 Å². The summed E-state index contributed by atoms with van der Waals surface area (Å²) in [5.74, 6) is -3.99. The molecule has 3 amide bonds. The van der Waals surface area contributed by atoms with Gasteiger partial charge >= 0.3 is 5.97 Å². The van der Waals surface area contributed by atoms with Crippen LogP contribution < -0.4 is 10.2 Å². The van der Waals surface area contributed by atoms with Crippen molar-refractivity contribution in [2.24, 2.45) is 11.8 Å². The van der Waals surface area contributed by atoms with Crippen LogP contribution in [0.2, 0.25) is 0 Å². The molecule has 0 saturated carbocycles. The number of carbonyl (C=O) groups is 4. The minimum atomic E-state index is -1.57. The van der Waals surface area contributed by atoms with E-state index in [1.807, 2.05) is 98.8 Å². The molecule has 7 rings (SSSR count). The molecule has 0 radical (unpaired) electrons. The van der Waals surface area contributed by atoms with Crippen LogP contribution in [0.4, 0.5) is 5.69 Å². The number of amides is 3. The van der Waals surface area contributed by atoms with Gasteiger partial charge in [0.15, 0.2) is 0 Å². The number of aryl methyl sites for hydroxylation is 2. The molecule has 10 heteroatoms. The van der Waals surface area contributed by atoms with Crippen molar-refractivity contribution >= 4 is 29.4 Å². The Morgan fingerprint density at radius 2 is 1.59 bits per heavy atom. The average Bonchev–Trinajstić information content (AvgIpc) is 3.51. The third-order valence-electron chi connectivity index (χ3n) is 10.7. The zero-order valence-electron chi connectivity index (χ0n) is 29.0. The Morgan fingerprint density at radius 1 is 0.902 bits per heavy atom. The largest absolute Gasteiger partial charge is 0.455 e. The maximum atomic E-state index is 15.2. The number of anilines is 1. The average molecular weight is 690 g/mol. The van der Waals surface area contributed by atoms with E-state index in [-0.39, 0.29) is 24.8 Å². The number of para-hydroxylation sites is 1. The molecule has 2 N–H and O–H groups in total. The normalized spacial score (nSPS) is 30.6. The number of carbonyl (C=O) groups excluding carboxylic acids is 4. The fourth-order valence-electron chi connectivity index (χ4n) is 8.44. The highest BCUT2D eigenvalue weighted by molar-refractivity contribution is 6.06. The van der Waals surface area contributed by atoms with Gasteiger partial charge in [0.05, 0.1) is 30.7 Å². The molecule has 8 atom stereocenters. The molecule has 2 fully saturated rings. The van der Waals surface area contributed by atoms with E-state index >= 15 is 9.59 Å². The first-order valence-corrected chi connectivity index (χ1v) is 17.6. The van der Waals surface area contributed by atoms with Crippen molar-refractivity contribution in [2.75, 3.05) is 18.1 Å². The van der Waals surface area contributed by atoms with Crippen molar-refractivity contribution in [2.45, 2.75) is 69.5 Å². The molecule has 4 aliphatic rings. The van der Waals surface area contributed by atoms with Crippen molar-refractivity contribution in [1.82, 2.24) is 10.2 Å². The molecule has 0 aliphatic carbocycles. The van der Waals surface area contributed by atoms with E-state index < -0.39 is 66.3 Å². The van der Waals surface area contributed by atoms with Crippen molar-refractivity contribution in [3.8, 4) is 0 Å². The second kappa shape index (κ2) is 13.9. The molecule has 3 aromatic carbocycles. The summed E-state index contributed by atoms with van der Waals surface area (Å²) in [6.45, 7) is 5.42. The highest BCUT2D eigenvalue weighted by Gasteiger charge is 2.73. The van der Waals surface area contributed by atoms with Crippen LogP contribution in [0.25, 0.3) is 0 Å². The molecule has 10 nitrogen and oxygen atoms in total. The van der Waals surface area contributed by atoms with E-state index in [0.29, 0.717) is 17.5 Å². The van der Waals surface area contributed by atoms with E-state index in [1.54, 1.807) is 30.1 Å². The van der Waals surface area contributed by atoms with E-state index in [4.69, 9.17) is 9.47 Å². The van der Waals surface area contributed by atoms with Crippen LogP contribution in [0.1, 0.15) is 54.2 Å². The zero-order valence-corrected chi connectivity index (χ0v) is 29.0. The van der Waals surface area contributed by atoms with Gasteiger partial charge in [-0.15, -0.1) is 0 Å². The fraction of sp³-hybridized carbons (Fsp3) is 0.366. The quantitative estimate of drug-likeness (QED) is 0.295. The van der Waals surface area contributed by atoms with Crippen molar-refractivity contribution in [1.29, 1.82) is 0 Å². The van der Waals surface area contributed by atoms with Crippen LogP contribution in [0, 0.1) is 25.7 Å². The Bertz CT molecular complexity index is 1860. The fourth-order valence-corrected chi connectivity index (χ4v) is 8.44. The van der Waals surface area contributed by atoms with Gasteiger partial charge in [0.25, 0.3) is 5.91 Å². The molecule has 0 unspecified atom stereocenters. The number of allylic oxidation sites excluding steroid dienone is 1. The van der Waals surface area contributed by atoms with E-state index in [1.165, 1.54) is 4.90 Å². The Labute approximate surface area is 297 Å². The zero-order chi connectivity index (χ0) is 35.9. The predicted molar refractivity (Wildman–Crippen MR) is 190 cm³/mol. The number of rotatable bonds is 5. The Kier molecular flexibility index (Phi) is 9.39. The summed E-state index contributed by atoms with van der Waals surface area (Å²) < 4.78 is 13.2. The summed E-state index contributed by atoms with van der Waals surface area (Å²) in [4.78, 5) is 60.9. The van der Waals surface area contributed by atoms with Crippen LogP contribution in [0.3, 0.4) is 0 Å². The summed E-state index contributed by atoms with van der Waals surface area (Å²) in [6.07, 6.45) is 5.92. The predicted octanol–water partition coefficient (Wildman–Crippen LogP) is 4.66. The van der Waals surface area contributed by atoms with Gasteiger partial charge in [-0.3, -0.25) is 19.2 Å². The van der Waals surface area contributed by atoms with Crippen LogP contribution in [-0.4, -0.2) is 70.6 Å². The van der Waals surface area contributed by atoms with Gasteiger partial charge in [-0.2, -0.15) is 0 Å². The maximum Gasteiger partial charge on any atom is 0.313 e. The number of ether oxygens (including phenoxy) is 2. The first kappa shape index (κ1) is 34.4. The molecule has 3 aromatic rings. The molecule has 264 valence electrons. The monoisotopic (exact) mass is 689 g/mol. The molecule has 0 bridgehead atoms. The SMILES string of the molecule is Cc1cccc(C)c1N1CC=C[C@]23O[C@@H]4/C=C\CCC(=O)N[C@H](C)[C@@H](c5ccccc5)OC(=O)[C@@H]4[C@H]2C(=O)N([C@H](CO)c2ccccc2)[C@@H]3C1=O. The lowest BCUT2D eigenvalue weighted by molar-refractivity contribution is -0.161. The summed E-state index contributed by atoms with van der Waals surface area (Å²) in [5.41, 5.74) is 2.29. The number of aliphatic hydroxyl groups excluding tert-OH is 1. The number of hydrogen-bond donors (Lipinski definition) is 2. The van der Waals surface area contributed by atoms with E-state index in [0.717, 1.165) is 16.8 Å². The number of nitrogens with one attached hydrogen (secondary N) is 1. The van der Waals surface area contributed by atoms with Crippen LogP contribution in [-0.2, 0) is 28.7 Å². The molecule has 4 aliphatic heterocycles. The number of aliphatic hydroxyl groups is 1. The van der Waals surface area contributed by atoms with E-state index in [2.05, 4.69) is 5.32 Å². The number of likely N-dealkylation sites (tertiary alicyclic amines) is 1. The number of cyclic esters (lactones) is 1. The lowest BCUT2D eigenvalue weighted by Gasteiger charge is -2.39. The van der Waals surface area contributed by atoms with E-state index in [9.17, 15) is 14.7 Å². The molecule has 0 aromatic heterocycles. The number of fused-ring (bicyclic) bond motifs is 2. The number of hydrogen-bond acceptors (Lipinski definition) is 7. The number of benzene rings is 3. The van der Waals surface area contributed by atoms with Crippen molar-refractivity contribution in [3.05, 3.63) is 125 Å². The smallest absolute Gasteiger partial charge is 0.313 e. The topological polar surface area (TPSA) is 125 Å². The summed E-state index contributed by atoms with van der Waals surface area (Å²) in [6, 6.07) is 21.4. The summed E-state index contributed by atoms with van der Waals surface area (Å²) >= 11 is 0. The maximum absolute atomic E-state index is 15.2. The number of nitrogens with zero attached hydrogens (tertiary/aromatic N) is 2. The lowest BCUT2D eigenvalue weighted by atomic mass is 9.77. The highest BCUT2D eigenvalue weighted by Crippen LogP contribution is 2.55. The third-order valence-corrected chi connectivity index (χ3v) is 10.7. The molecule has 2 saturated heterocycles. The minimum absolute atomic E-state index is 0.185. The van der Waals surface area contributed by atoms with Gasteiger partial charge < -0.3 is 29.7 Å². The summed E-state index contributed by atoms with van der Waals surface area (Å²) in [5, 5.41) is 13.9. The summed E-state index contributed by atoms with van der Waals surface area (Å²) in [7, 11) is 0. The van der Waals surface area contributed by atoms with Gasteiger partial charge in [0.1, 0.15) is 23.7 Å². The van der Waals surface area contributed by atoms with Crippen molar-refractivity contribution in [3.63, 3.8) is 0 Å². The first-order chi connectivity index (χ1) is 24.7. The van der Waals surface area contributed by atoms with Gasteiger partial charge in [0.2, 0.25) is 11.8 Å². The van der Waals surface area contributed by atoms with Crippen LogP contribution in [0.15, 0.2) is 103 Å². The highest BCUT2D eigenvalue weighted by atomic mass is 16.6. The minimum Gasteiger partial charge on any atom is -0.455 e. The molecule has 1 spiro atoms. The van der Waals surface area contributed by atoms with Crippen LogP contribution in [0.5, 0.6) is 0 Å². The second-order valence-electron chi connectivity index (χ2n) is 13.9. The standard InChI is InChI=1S/C41H43N3O7/c1-25-14-12-15-26(2)35(25)43-23-13-22-41-34(38(47)44(37(41)39(43)48)30(24-45)28-16-6-4-7-17-28)33-31(51-41)20-10-11-21-32(46)42-27(3)36(50-40(33)49)29-18-8-5-9-19-29/h4-10,12-20,22,27,30-31,33-34,36-37,45H,11,21,23-24H2,1-3H3,(H,42,46)/b20-10-/t27-,30-,31-,33+,34+,36+,37-,41+/m1/s1. The van der Waals surface area contributed by atoms with Gasteiger partial charge in [-0.05, 0) is 49.4 Å².